The van der Waals surface area contributed by atoms with Crippen molar-refractivity contribution < 1.29 is 4.79 Å². The maximum Gasteiger partial charge on any atom is 0.184 e. The van der Waals surface area contributed by atoms with Gasteiger partial charge in [-0.2, -0.15) is 0 Å². The first-order chi connectivity index (χ1) is 6.81. The number of aromatic nitrogens is 1. The normalized spacial score (nSPS) is 21.4. The molecule has 3 nitrogen and oxygen atoms in total. The van der Waals surface area contributed by atoms with Crippen molar-refractivity contribution in [3.8, 4) is 0 Å². The highest BCUT2D eigenvalue weighted by molar-refractivity contribution is 9.09. The van der Waals surface area contributed by atoms with Crippen molar-refractivity contribution in [1.29, 1.82) is 0 Å². The van der Waals surface area contributed by atoms with Crippen molar-refractivity contribution in [3.05, 3.63) is 16.1 Å². The van der Waals surface area contributed by atoms with Gasteiger partial charge in [0.25, 0.3) is 0 Å². The van der Waals surface area contributed by atoms with Crippen LogP contribution in [0.5, 0.6) is 0 Å². The Balaban J connectivity index is 2.12. The lowest BCUT2D eigenvalue weighted by atomic mass is 10.1. The van der Waals surface area contributed by atoms with E-state index in [2.05, 4.69) is 26.2 Å². The Morgan fingerprint density at radius 3 is 3.29 bits per heavy atom. The van der Waals surface area contributed by atoms with Gasteiger partial charge in [-0.05, 0) is 13.0 Å². The van der Waals surface area contributed by atoms with Crippen LogP contribution in [0.3, 0.4) is 0 Å². The third-order valence-corrected chi connectivity index (χ3v) is 4.04. The first-order valence-electron chi connectivity index (χ1n) is 4.57. The van der Waals surface area contributed by atoms with Gasteiger partial charge in [0.05, 0.1) is 15.2 Å². The number of nitrogens with one attached hydrogen (secondary N) is 1. The van der Waals surface area contributed by atoms with Crippen LogP contribution in [0.15, 0.2) is 6.20 Å². The Bertz CT molecular complexity index is 333. The minimum absolute atomic E-state index is 0.125. The Morgan fingerprint density at radius 2 is 2.64 bits per heavy atom. The third-order valence-electron chi connectivity index (χ3n) is 2.33. The van der Waals surface area contributed by atoms with Gasteiger partial charge in [-0.25, -0.2) is 4.98 Å². The molecule has 0 bridgehead atoms. The summed E-state index contributed by atoms with van der Waals surface area (Å²) in [6.07, 6.45) is 2.83. The maximum absolute atomic E-state index is 11.3. The van der Waals surface area contributed by atoms with Crippen molar-refractivity contribution in [1.82, 2.24) is 10.3 Å². The van der Waals surface area contributed by atoms with Gasteiger partial charge in [0.1, 0.15) is 0 Å². The zero-order valence-corrected chi connectivity index (χ0v) is 10.0. The van der Waals surface area contributed by atoms with Crippen molar-refractivity contribution in [2.75, 3.05) is 18.4 Å². The summed E-state index contributed by atoms with van der Waals surface area (Å²) in [5.41, 5.74) is 0. The van der Waals surface area contributed by atoms with E-state index in [1.807, 2.05) is 0 Å². The first kappa shape index (κ1) is 10.3. The Hall–Kier alpha value is -0.260. The van der Waals surface area contributed by atoms with Crippen LogP contribution in [0, 0.1) is 0 Å². The van der Waals surface area contributed by atoms with E-state index >= 15 is 0 Å². The molecule has 0 radical (unpaired) electrons. The molecule has 2 heterocycles. The summed E-state index contributed by atoms with van der Waals surface area (Å²) in [6, 6.07) is 0. The van der Waals surface area contributed by atoms with Crippen LogP contribution >= 0.6 is 27.3 Å². The summed E-state index contributed by atoms with van der Waals surface area (Å²) < 4.78 is 0. The fourth-order valence-electron chi connectivity index (χ4n) is 1.54. The van der Waals surface area contributed by atoms with Gasteiger partial charge in [0.2, 0.25) is 0 Å². The second-order valence-corrected chi connectivity index (χ2v) is 4.93. The van der Waals surface area contributed by atoms with E-state index in [1.54, 1.807) is 6.20 Å². The van der Waals surface area contributed by atoms with E-state index < -0.39 is 0 Å². The predicted octanol–water partition coefficient (Wildman–Crippen LogP) is 1.80. The average Bonchev–Trinajstić information content (AvgIpc) is 2.86. The fraction of sp³-hybridized carbons (Fsp3) is 0.556. The number of carbonyl (C=O) groups is 1. The second kappa shape index (κ2) is 4.51. The molecule has 1 saturated heterocycles. The van der Waals surface area contributed by atoms with Crippen molar-refractivity contribution in [3.63, 3.8) is 0 Å². The number of hydrogen-bond acceptors (Lipinski definition) is 4. The number of halogens is 1. The number of thiazole rings is 1. The summed E-state index contributed by atoms with van der Waals surface area (Å²) in [7, 11) is 0. The predicted molar refractivity (Wildman–Crippen MR) is 60.5 cm³/mol. The SMILES string of the molecule is O=C(CBr)c1cnc(C2CCNC2)s1. The Morgan fingerprint density at radius 1 is 1.79 bits per heavy atom. The van der Waals surface area contributed by atoms with E-state index in [1.165, 1.54) is 11.3 Å². The monoisotopic (exact) mass is 274 g/mol. The summed E-state index contributed by atoms with van der Waals surface area (Å²) in [5.74, 6) is 0.636. The molecule has 1 unspecified atom stereocenters. The highest BCUT2D eigenvalue weighted by Gasteiger charge is 2.20. The lowest BCUT2D eigenvalue weighted by Gasteiger charge is -2.01. The molecule has 0 amide bonds. The average molecular weight is 275 g/mol. The Labute approximate surface area is 95.1 Å². The van der Waals surface area contributed by atoms with E-state index in [0.717, 1.165) is 29.4 Å². The zero-order valence-electron chi connectivity index (χ0n) is 7.62. The van der Waals surface area contributed by atoms with Crippen LogP contribution in [0.4, 0.5) is 0 Å². The second-order valence-electron chi connectivity index (χ2n) is 3.31. The molecular weight excluding hydrogens is 264 g/mol. The number of nitrogens with zero attached hydrogens (tertiary/aromatic N) is 1. The largest absolute Gasteiger partial charge is 0.316 e. The summed E-state index contributed by atoms with van der Waals surface area (Å²) >= 11 is 4.69. The van der Waals surface area contributed by atoms with E-state index in [0.29, 0.717) is 11.2 Å². The molecule has 5 heteroatoms. The maximum atomic E-state index is 11.3. The molecule has 0 saturated carbocycles. The fourth-order valence-corrected chi connectivity index (χ4v) is 3.01. The molecule has 0 aromatic carbocycles. The first-order valence-corrected chi connectivity index (χ1v) is 6.50. The molecule has 0 aliphatic carbocycles. The Kier molecular flexibility index (Phi) is 3.30. The minimum atomic E-state index is 0.125. The lowest BCUT2D eigenvalue weighted by Crippen LogP contribution is -2.07. The molecule has 1 N–H and O–H groups in total. The summed E-state index contributed by atoms with van der Waals surface area (Å²) in [4.78, 5) is 16.4. The molecular formula is C9H11BrN2OS. The summed E-state index contributed by atoms with van der Waals surface area (Å²) in [5, 5.41) is 4.78. The molecule has 1 atom stereocenters. The van der Waals surface area contributed by atoms with Gasteiger partial charge >= 0.3 is 0 Å². The van der Waals surface area contributed by atoms with Gasteiger partial charge in [-0.15, -0.1) is 11.3 Å². The molecule has 1 aliphatic heterocycles. The standard InChI is InChI=1S/C9H11BrN2OS/c10-3-7(13)8-5-12-9(14-8)6-1-2-11-4-6/h5-6,11H,1-4H2. The molecule has 14 heavy (non-hydrogen) atoms. The van der Waals surface area contributed by atoms with Crippen LogP contribution < -0.4 is 5.32 Å². The number of hydrogen-bond donors (Lipinski definition) is 1. The molecule has 1 aromatic heterocycles. The summed E-state index contributed by atoms with van der Waals surface area (Å²) in [6.45, 7) is 2.06. The molecule has 0 spiro atoms. The molecule has 1 aliphatic rings. The van der Waals surface area contributed by atoms with Crippen molar-refractivity contribution >= 4 is 33.0 Å². The van der Waals surface area contributed by atoms with E-state index in [9.17, 15) is 4.79 Å². The quantitative estimate of drug-likeness (QED) is 0.675. The van der Waals surface area contributed by atoms with Crippen LogP contribution in [0.2, 0.25) is 0 Å². The van der Waals surface area contributed by atoms with Crippen LogP contribution in [-0.4, -0.2) is 29.2 Å². The molecule has 76 valence electrons. The number of Topliss-reactive ketones (excluding diaryl/α,β-unsaturated/α-hetero) is 1. The highest BCUT2D eigenvalue weighted by Crippen LogP contribution is 2.26. The highest BCUT2D eigenvalue weighted by atomic mass is 79.9. The number of ketones is 1. The molecule has 1 aromatic rings. The number of rotatable bonds is 3. The van der Waals surface area contributed by atoms with E-state index in [-0.39, 0.29) is 5.78 Å². The number of alkyl halides is 1. The minimum Gasteiger partial charge on any atom is -0.316 e. The third kappa shape index (κ3) is 2.04. The van der Waals surface area contributed by atoms with Crippen LogP contribution in [0.1, 0.15) is 27.0 Å². The topological polar surface area (TPSA) is 42.0 Å². The van der Waals surface area contributed by atoms with E-state index in [4.69, 9.17) is 0 Å². The molecule has 1 fully saturated rings. The zero-order chi connectivity index (χ0) is 9.97. The van der Waals surface area contributed by atoms with Crippen molar-refractivity contribution in [2.24, 2.45) is 0 Å². The van der Waals surface area contributed by atoms with Gasteiger partial charge in [-0.1, -0.05) is 15.9 Å². The van der Waals surface area contributed by atoms with Crippen molar-refractivity contribution in [2.45, 2.75) is 12.3 Å². The molecule has 2 rings (SSSR count). The van der Waals surface area contributed by atoms with Gasteiger partial charge in [-0.3, -0.25) is 4.79 Å². The smallest absolute Gasteiger partial charge is 0.184 e. The van der Waals surface area contributed by atoms with Crippen LogP contribution in [0.25, 0.3) is 0 Å². The van der Waals surface area contributed by atoms with Gasteiger partial charge < -0.3 is 5.32 Å². The number of carbonyl (C=O) groups excluding carboxylic acids is 1. The lowest BCUT2D eigenvalue weighted by molar-refractivity contribution is 0.102. The van der Waals surface area contributed by atoms with Crippen LogP contribution in [-0.2, 0) is 0 Å². The van der Waals surface area contributed by atoms with Gasteiger partial charge in [0.15, 0.2) is 5.78 Å². The van der Waals surface area contributed by atoms with Gasteiger partial charge in [0, 0.05) is 18.7 Å².